The van der Waals surface area contributed by atoms with Gasteiger partial charge in [-0.25, -0.2) is 19.2 Å². The zero-order valence-electron chi connectivity index (χ0n) is 16.4. The minimum Gasteiger partial charge on any atom is -0.443 e. The number of hydrazine groups is 1. The zero-order valence-corrected chi connectivity index (χ0v) is 18.0. The highest BCUT2D eigenvalue weighted by molar-refractivity contribution is 9.10. The third kappa shape index (κ3) is 4.72. The maximum atomic E-state index is 13.8. The normalized spacial score (nSPS) is 15.4. The summed E-state index contributed by atoms with van der Waals surface area (Å²) >= 11 is 3.14. The Bertz CT molecular complexity index is 939. The minimum atomic E-state index is -0.534. The van der Waals surface area contributed by atoms with Crippen LogP contribution in [0.2, 0.25) is 0 Å². The highest BCUT2D eigenvalue weighted by Crippen LogP contribution is 2.21. The van der Waals surface area contributed by atoms with Crippen molar-refractivity contribution in [3.8, 4) is 0 Å². The van der Waals surface area contributed by atoms with E-state index in [1.165, 1.54) is 6.07 Å². The van der Waals surface area contributed by atoms with Crippen LogP contribution in [-0.4, -0.2) is 45.9 Å². The van der Waals surface area contributed by atoms with Crippen LogP contribution in [0, 0.1) is 5.82 Å². The average molecular weight is 454 g/mol. The predicted octanol–water partition coefficient (Wildman–Crippen LogP) is 4.15. The van der Waals surface area contributed by atoms with Crippen LogP contribution in [-0.2, 0) is 11.3 Å². The van der Waals surface area contributed by atoms with E-state index >= 15 is 0 Å². The lowest BCUT2D eigenvalue weighted by atomic mass is 10.1. The quantitative estimate of drug-likeness (QED) is 0.697. The van der Waals surface area contributed by atoms with Crippen molar-refractivity contribution in [2.24, 2.45) is 0 Å². The van der Waals surface area contributed by atoms with Crippen molar-refractivity contribution in [1.29, 1.82) is 0 Å². The molecule has 0 atom stereocenters. The Morgan fingerprint density at radius 1 is 1.25 bits per heavy atom. The Hall–Kier alpha value is -1.93. The van der Waals surface area contributed by atoms with Gasteiger partial charge in [-0.05, 0) is 73.1 Å². The van der Waals surface area contributed by atoms with E-state index in [1.54, 1.807) is 21.8 Å². The van der Waals surface area contributed by atoms with Crippen molar-refractivity contribution >= 4 is 32.8 Å². The van der Waals surface area contributed by atoms with Gasteiger partial charge in [-0.15, -0.1) is 0 Å². The number of aromatic nitrogens is 1. The van der Waals surface area contributed by atoms with E-state index in [0.29, 0.717) is 41.3 Å². The Labute approximate surface area is 172 Å². The molecule has 0 spiro atoms. The number of benzene rings is 1. The standard InChI is InChI=1S/C20H25BrFN3O3/c1-20(2,3)28-19(27)25-10-5-9-24(25)8-4-7-23-11-6-14-12-16(21)17(22)13-15(14)18(23)26/h6,11-13H,4-5,7-10H2,1-3H3. The first-order valence-corrected chi connectivity index (χ1v) is 10.2. The van der Waals surface area contributed by atoms with Crippen LogP contribution in [0.15, 0.2) is 33.7 Å². The Kier molecular flexibility index (Phi) is 6.09. The molecule has 1 fully saturated rings. The molecule has 1 amide bonds. The van der Waals surface area contributed by atoms with Gasteiger partial charge >= 0.3 is 6.09 Å². The predicted molar refractivity (Wildman–Crippen MR) is 110 cm³/mol. The second kappa shape index (κ2) is 8.21. The van der Waals surface area contributed by atoms with Crippen LogP contribution in [0.1, 0.15) is 33.6 Å². The first-order chi connectivity index (χ1) is 13.2. The van der Waals surface area contributed by atoms with Gasteiger partial charge in [0.15, 0.2) is 0 Å². The smallest absolute Gasteiger partial charge is 0.424 e. The highest BCUT2D eigenvalue weighted by atomic mass is 79.9. The van der Waals surface area contributed by atoms with Crippen molar-refractivity contribution in [2.75, 3.05) is 19.6 Å². The summed E-state index contributed by atoms with van der Waals surface area (Å²) in [5, 5.41) is 4.67. The molecule has 6 nitrogen and oxygen atoms in total. The fraction of sp³-hybridized carbons (Fsp3) is 0.500. The molecule has 1 aromatic carbocycles. The van der Waals surface area contributed by atoms with Crippen molar-refractivity contribution < 1.29 is 13.9 Å². The number of halogens is 2. The van der Waals surface area contributed by atoms with E-state index < -0.39 is 11.4 Å². The minimum absolute atomic E-state index is 0.214. The lowest BCUT2D eigenvalue weighted by Gasteiger charge is -2.30. The van der Waals surface area contributed by atoms with Crippen molar-refractivity contribution in [3.05, 3.63) is 45.0 Å². The molecule has 3 rings (SSSR count). The molecule has 1 aromatic heterocycles. The maximum Gasteiger partial charge on any atom is 0.424 e. The molecule has 0 N–H and O–H groups in total. The maximum absolute atomic E-state index is 13.8. The topological polar surface area (TPSA) is 54.8 Å². The number of rotatable bonds is 4. The molecule has 1 aliphatic heterocycles. The number of pyridine rings is 1. The van der Waals surface area contributed by atoms with Gasteiger partial charge in [0.2, 0.25) is 0 Å². The molecule has 0 aliphatic carbocycles. The third-order valence-corrected chi connectivity index (χ3v) is 5.17. The summed E-state index contributed by atoms with van der Waals surface area (Å²) in [4.78, 5) is 25.0. The molecule has 1 aliphatic rings. The van der Waals surface area contributed by atoms with Crippen molar-refractivity contribution in [3.63, 3.8) is 0 Å². The van der Waals surface area contributed by atoms with Gasteiger partial charge in [0, 0.05) is 32.4 Å². The third-order valence-electron chi connectivity index (χ3n) is 4.56. The van der Waals surface area contributed by atoms with Gasteiger partial charge in [-0.3, -0.25) is 4.79 Å². The van der Waals surface area contributed by atoms with Gasteiger partial charge in [0.05, 0.1) is 9.86 Å². The summed E-state index contributed by atoms with van der Waals surface area (Å²) in [7, 11) is 0. The Morgan fingerprint density at radius 2 is 2.00 bits per heavy atom. The molecule has 152 valence electrons. The zero-order chi connectivity index (χ0) is 20.5. The molecular weight excluding hydrogens is 429 g/mol. The van der Waals surface area contributed by atoms with E-state index in [9.17, 15) is 14.0 Å². The number of ether oxygens (including phenoxy) is 1. The van der Waals surface area contributed by atoms with Gasteiger partial charge < -0.3 is 9.30 Å². The number of carbonyl (C=O) groups is 1. The fourth-order valence-electron chi connectivity index (χ4n) is 3.30. The molecule has 0 radical (unpaired) electrons. The molecule has 0 saturated carbocycles. The molecular formula is C20H25BrFN3O3. The summed E-state index contributed by atoms with van der Waals surface area (Å²) in [6.45, 7) is 8.09. The van der Waals surface area contributed by atoms with Crippen LogP contribution in [0.25, 0.3) is 10.8 Å². The van der Waals surface area contributed by atoms with Gasteiger partial charge in [-0.2, -0.15) is 0 Å². The first kappa shape index (κ1) is 20.8. The SMILES string of the molecule is CC(C)(C)OC(=O)N1CCCN1CCCn1ccc2cc(Br)c(F)cc2c1=O. The highest BCUT2D eigenvalue weighted by Gasteiger charge is 2.30. The van der Waals surface area contributed by atoms with E-state index in [1.807, 2.05) is 31.8 Å². The van der Waals surface area contributed by atoms with Crippen molar-refractivity contribution in [2.45, 2.75) is 45.8 Å². The van der Waals surface area contributed by atoms with E-state index in [0.717, 1.165) is 13.0 Å². The number of hydrogen-bond donors (Lipinski definition) is 0. The van der Waals surface area contributed by atoms with Gasteiger partial charge in [0.25, 0.3) is 5.56 Å². The van der Waals surface area contributed by atoms with E-state index in [4.69, 9.17) is 4.74 Å². The summed E-state index contributed by atoms with van der Waals surface area (Å²) in [5.74, 6) is -0.451. The summed E-state index contributed by atoms with van der Waals surface area (Å²) in [5.41, 5.74) is -0.747. The van der Waals surface area contributed by atoms with E-state index in [2.05, 4.69) is 15.9 Å². The monoisotopic (exact) mass is 453 g/mol. The number of amides is 1. The number of nitrogens with zero attached hydrogens (tertiary/aromatic N) is 3. The second-order valence-corrected chi connectivity index (χ2v) is 8.79. The number of carbonyl (C=O) groups excluding carboxylic acids is 1. The van der Waals surface area contributed by atoms with Crippen LogP contribution in [0.3, 0.4) is 0 Å². The lowest BCUT2D eigenvalue weighted by Crippen LogP contribution is -2.44. The van der Waals surface area contributed by atoms with E-state index in [-0.39, 0.29) is 11.7 Å². The first-order valence-electron chi connectivity index (χ1n) is 9.39. The average Bonchev–Trinajstić information content (AvgIpc) is 3.06. The summed E-state index contributed by atoms with van der Waals surface area (Å²) in [6, 6.07) is 4.69. The van der Waals surface area contributed by atoms with Gasteiger partial charge in [0.1, 0.15) is 11.4 Å². The second-order valence-electron chi connectivity index (χ2n) is 7.93. The molecule has 0 bridgehead atoms. The molecule has 8 heteroatoms. The van der Waals surface area contributed by atoms with Crippen LogP contribution >= 0.6 is 15.9 Å². The molecule has 2 heterocycles. The number of fused-ring (bicyclic) bond motifs is 1. The number of hydrogen-bond acceptors (Lipinski definition) is 4. The van der Waals surface area contributed by atoms with Crippen LogP contribution in [0.4, 0.5) is 9.18 Å². The van der Waals surface area contributed by atoms with Crippen LogP contribution in [0.5, 0.6) is 0 Å². The lowest BCUT2D eigenvalue weighted by molar-refractivity contribution is -0.0267. The molecule has 1 saturated heterocycles. The van der Waals surface area contributed by atoms with Crippen molar-refractivity contribution in [1.82, 2.24) is 14.6 Å². The molecule has 0 unspecified atom stereocenters. The van der Waals surface area contributed by atoms with Crippen LogP contribution < -0.4 is 5.56 Å². The molecule has 28 heavy (non-hydrogen) atoms. The Balaban J connectivity index is 1.64. The number of aryl methyl sites for hydroxylation is 1. The Morgan fingerprint density at radius 3 is 2.71 bits per heavy atom. The molecule has 2 aromatic rings. The summed E-state index contributed by atoms with van der Waals surface area (Å²) in [6.07, 6.45) is 2.96. The van der Waals surface area contributed by atoms with Gasteiger partial charge in [-0.1, -0.05) is 0 Å². The largest absolute Gasteiger partial charge is 0.443 e. The summed E-state index contributed by atoms with van der Waals surface area (Å²) < 4.78 is 21.2. The fourth-order valence-corrected chi connectivity index (χ4v) is 3.66.